The summed E-state index contributed by atoms with van der Waals surface area (Å²) in [6.07, 6.45) is 0. The summed E-state index contributed by atoms with van der Waals surface area (Å²) in [5.41, 5.74) is 5.60. The monoisotopic (exact) mass is 143 g/mol. The van der Waals surface area contributed by atoms with Crippen molar-refractivity contribution in [1.82, 2.24) is 4.90 Å². The van der Waals surface area contributed by atoms with Gasteiger partial charge in [-0.15, -0.1) is 0 Å². The third kappa shape index (κ3) is 2.25. The maximum Gasteiger partial charge on any atom is 0.191 e. The van der Waals surface area contributed by atoms with Gasteiger partial charge in [0.2, 0.25) is 0 Å². The van der Waals surface area contributed by atoms with Gasteiger partial charge in [0.15, 0.2) is 5.96 Å². The van der Waals surface area contributed by atoms with Crippen molar-refractivity contribution in [2.75, 3.05) is 13.6 Å². The average Bonchev–Trinajstić information content (AvgIpc) is 1.88. The fourth-order valence-corrected chi connectivity index (χ4v) is 0.920. The standard InChI is InChI=1S/C7H17N3/c1-5-10(6(2)3)7(8)9-4/h6H,5H2,1-4H3,(H2,8,9). The van der Waals surface area contributed by atoms with E-state index in [1.807, 2.05) is 4.90 Å². The molecule has 0 saturated carbocycles. The summed E-state index contributed by atoms with van der Waals surface area (Å²) >= 11 is 0. The number of nitrogens with two attached hydrogens (primary N) is 1. The Kier molecular flexibility index (Phi) is 3.84. The average molecular weight is 143 g/mol. The molecule has 10 heavy (non-hydrogen) atoms. The fourth-order valence-electron chi connectivity index (χ4n) is 0.920. The van der Waals surface area contributed by atoms with Crippen LogP contribution in [-0.4, -0.2) is 30.5 Å². The number of rotatable bonds is 2. The Hall–Kier alpha value is -0.730. The van der Waals surface area contributed by atoms with Crippen molar-refractivity contribution >= 4 is 5.96 Å². The zero-order valence-corrected chi connectivity index (χ0v) is 7.26. The fraction of sp³-hybridized carbons (Fsp3) is 0.857. The summed E-state index contributed by atoms with van der Waals surface area (Å²) in [4.78, 5) is 5.94. The second-order valence-corrected chi connectivity index (χ2v) is 2.46. The van der Waals surface area contributed by atoms with Crippen LogP contribution < -0.4 is 5.73 Å². The Morgan fingerprint density at radius 3 is 2.20 bits per heavy atom. The van der Waals surface area contributed by atoms with Crippen molar-refractivity contribution in [3.63, 3.8) is 0 Å². The molecule has 0 fully saturated rings. The van der Waals surface area contributed by atoms with Crippen LogP contribution in [0.2, 0.25) is 0 Å². The van der Waals surface area contributed by atoms with Gasteiger partial charge in [-0.1, -0.05) is 0 Å². The van der Waals surface area contributed by atoms with Crippen LogP contribution in [0.1, 0.15) is 20.8 Å². The van der Waals surface area contributed by atoms with E-state index in [9.17, 15) is 0 Å². The highest BCUT2D eigenvalue weighted by Crippen LogP contribution is 1.95. The molecular weight excluding hydrogens is 126 g/mol. The summed E-state index contributed by atoms with van der Waals surface area (Å²) in [6.45, 7) is 7.18. The third-order valence-electron chi connectivity index (χ3n) is 1.49. The summed E-state index contributed by atoms with van der Waals surface area (Å²) in [7, 11) is 1.71. The number of nitrogens with zero attached hydrogens (tertiary/aromatic N) is 2. The highest BCUT2D eigenvalue weighted by molar-refractivity contribution is 5.78. The van der Waals surface area contributed by atoms with E-state index in [2.05, 4.69) is 25.8 Å². The van der Waals surface area contributed by atoms with Crippen LogP contribution in [0.15, 0.2) is 4.99 Å². The van der Waals surface area contributed by atoms with Crippen LogP contribution in [0, 0.1) is 0 Å². The van der Waals surface area contributed by atoms with E-state index in [1.165, 1.54) is 0 Å². The molecule has 0 aliphatic rings. The predicted octanol–water partition coefficient (Wildman–Crippen LogP) is 0.661. The zero-order valence-electron chi connectivity index (χ0n) is 7.26. The number of hydrogen-bond acceptors (Lipinski definition) is 1. The molecule has 60 valence electrons. The first-order chi connectivity index (χ1) is 4.63. The molecule has 0 saturated heterocycles. The van der Waals surface area contributed by atoms with Gasteiger partial charge in [0.05, 0.1) is 0 Å². The number of hydrogen-bond donors (Lipinski definition) is 1. The Labute approximate surface area is 62.9 Å². The topological polar surface area (TPSA) is 41.6 Å². The van der Waals surface area contributed by atoms with E-state index < -0.39 is 0 Å². The maximum absolute atomic E-state index is 5.60. The van der Waals surface area contributed by atoms with Crippen LogP contribution in [-0.2, 0) is 0 Å². The molecule has 0 amide bonds. The molecule has 2 N–H and O–H groups in total. The molecule has 3 nitrogen and oxygen atoms in total. The van der Waals surface area contributed by atoms with Gasteiger partial charge < -0.3 is 10.6 Å². The van der Waals surface area contributed by atoms with Crippen LogP contribution in [0.4, 0.5) is 0 Å². The Morgan fingerprint density at radius 2 is 2.10 bits per heavy atom. The van der Waals surface area contributed by atoms with Crippen molar-refractivity contribution in [1.29, 1.82) is 0 Å². The van der Waals surface area contributed by atoms with Crippen molar-refractivity contribution < 1.29 is 0 Å². The molecular formula is C7H17N3. The molecule has 0 heterocycles. The summed E-state index contributed by atoms with van der Waals surface area (Å²) < 4.78 is 0. The van der Waals surface area contributed by atoms with E-state index in [1.54, 1.807) is 7.05 Å². The van der Waals surface area contributed by atoms with Gasteiger partial charge in [0.25, 0.3) is 0 Å². The number of guanidine groups is 1. The first kappa shape index (κ1) is 9.27. The van der Waals surface area contributed by atoms with Crippen LogP contribution >= 0.6 is 0 Å². The Bertz CT molecular complexity index is 118. The van der Waals surface area contributed by atoms with E-state index in [0.29, 0.717) is 12.0 Å². The lowest BCUT2D eigenvalue weighted by atomic mass is 10.3. The molecule has 0 aliphatic carbocycles. The quantitative estimate of drug-likeness (QED) is 0.456. The molecule has 0 aromatic carbocycles. The van der Waals surface area contributed by atoms with Crippen molar-refractivity contribution in [3.8, 4) is 0 Å². The largest absolute Gasteiger partial charge is 0.370 e. The molecule has 3 heteroatoms. The van der Waals surface area contributed by atoms with Gasteiger partial charge in [-0.05, 0) is 20.8 Å². The molecule has 0 aromatic heterocycles. The summed E-state index contributed by atoms with van der Waals surface area (Å²) in [6, 6.07) is 0.439. The zero-order chi connectivity index (χ0) is 8.15. The molecule has 0 atom stereocenters. The lowest BCUT2D eigenvalue weighted by Crippen LogP contribution is -2.41. The molecule has 0 aromatic rings. The van der Waals surface area contributed by atoms with Crippen LogP contribution in [0.25, 0.3) is 0 Å². The SMILES string of the molecule is CCN(C(N)=NC)C(C)C. The minimum atomic E-state index is 0.439. The molecule has 0 spiro atoms. The minimum Gasteiger partial charge on any atom is -0.370 e. The van der Waals surface area contributed by atoms with Crippen molar-refractivity contribution in [3.05, 3.63) is 0 Å². The van der Waals surface area contributed by atoms with Gasteiger partial charge in [-0.3, -0.25) is 4.99 Å². The third-order valence-corrected chi connectivity index (χ3v) is 1.49. The Balaban J connectivity index is 4.07. The second-order valence-electron chi connectivity index (χ2n) is 2.46. The molecule has 0 radical (unpaired) electrons. The minimum absolute atomic E-state index is 0.439. The predicted molar refractivity (Wildman–Crippen MR) is 45.1 cm³/mol. The van der Waals surface area contributed by atoms with Crippen LogP contribution in [0.5, 0.6) is 0 Å². The van der Waals surface area contributed by atoms with Crippen LogP contribution in [0.3, 0.4) is 0 Å². The summed E-state index contributed by atoms with van der Waals surface area (Å²) in [5.74, 6) is 0.623. The molecule has 0 aliphatic heterocycles. The molecule has 0 unspecified atom stereocenters. The van der Waals surface area contributed by atoms with Gasteiger partial charge >= 0.3 is 0 Å². The molecule has 0 bridgehead atoms. The van der Waals surface area contributed by atoms with Gasteiger partial charge in [-0.25, -0.2) is 0 Å². The highest BCUT2D eigenvalue weighted by Gasteiger charge is 2.07. The molecule has 0 rings (SSSR count). The first-order valence-electron chi connectivity index (χ1n) is 3.62. The lowest BCUT2D eigenvalue weighted by molar-refractivity contribution is 0.362. The number of aliphatic imine (C=N–C) groups is 1. The van der Waals surface area contributed by atoms with Crippen molar-refractivity contribution in [2.24, 2.45) is 10.7 Å². The van der Waals surface area contributed by atoms with Crippen molar-refractivity contribution in [2.45, 2.75) is 26.8 Å². The first-order valence-corrected chi connectivity index (χ1v) is 3.62. The highest BCUT2D eigenvalue weighted by atomic mass is 15.3. The lowest BCUT2D eigenvalue weighted by Gasteiger charge is -2.25. The van der Waals surface area contributed by atoms with E-state index in [-0.39, 0.29) is 0 Å². The van der Waals surface area contributed by atoms with Gasteiger partial charge in [0, 0.05) is 19.6 Å². The maximum atomic E-state index is 5.60. The normalized spacial score (nSPS) is 12.3. The second kappa shape index (κ2) is 4.14. The smallest absolute Gasteiger partial charge is 0.191 e. The Morgan fingerprint density at radius 1 is 1.60 bits per heavy atom. The van der Waals surface area contributed by atoms with E-state index in [0.717, 1.165) is 6.54 Å². The van der Waals surface area contributed by atoms with E-state index in [4.69, 9.17) is 5.73 Å². The van der Waals surface area contributed by atoms with Gasteiger partial charge in [-0.2, -0.15) is 0 Å². The summed E-state index contributed by atoms with van der Waals surface area (Å²) in [5, 5.41) is 0. The van der Waals surface area contributed by atoms with Gasteiger partial charge in [0.1, 0.15) is 0 Å². The van der Waals surface area contributed by atoms with E-state index >= 15 is 0 Å².